The van der Waals surface area contributed by atoms with Crippen molar-refractivity contribution in [2.24, 2.45) is 0 Å². The fraction of sp³-hybridized carbons (Fsp3) is 1.00. The van der Waals surface area contributed by atoms with Crippen LogP contribution in [0.4, 0.5) is 0 Å². The summed E-state index contributed by atoms with van der Waals surface area (Å²) in [7, 11) is 1.78. The standard InChI is InChI=1S/C5H15OP/c1-6-7(2,3,4)5/h1-5H3. The van der Waals surface area contributed by atoms with Crippen molar-refractivity contribution < 1.29 is 4.52 Å². The van der Waals surface area contributed by atoms with Crippen molar-refractivity contribution in [1.82, 2.24) is 0 Å². The van der Waals surface area contributed by atoms with Gasteiger partial charge in [-0.15, -0.1) is 0 Å². The zero-order valence-electron chi connectivity index (χ0n) is 5.86. The molecule has 7 heavy (non-hydrogen) atoms. The normalized spacial score (nSPS) is 18.1. The Morgan fingerprint density at radius 1 is 1.00 bits per heavy atom. The molecule has 0 fully saturated rings. The van der Waals surface area contributed by atoms with E-state index < -0.39 is 6.83 Å². The molecule has 0 bridgehead atoms. The van der Waals surface area contributed by atoms with Crippen LogP contribution >= 0.6 is 6.83 Å². The monoisotopic (exact) mass is 122 g/mol. The molecule has 0 aromatic heterocycles. The summed E-state index contributed by atoms with van der Waals surface area (Å²) in [6.07, 6.45) is 0. The van der Waals surface area contributed by atoms with E-state index in [0.29, 0.717) is 0 Å². The van der Waals surface area contributed by atoms with Crippen LogP contribution in [-0.2, 0) is 4.52 Å². The van der Waals surface area contributed by atoms with Gasteiger partial charge < -0.3 is 0 Å². The first-order valence-electron chi connectivity index (χ1n) is 2.38. The molecule has 0 aromatic carbocycles. The van der Waals surface area contributed by atoms with Gasteiger partial charge >= 0.3 is 45.1 Å². The van der Waals surface area contributed by atoms with Gasteiger partial charge in [0.2, 0.25) is 0 Å². The Kier molecular flexibility index (Phi) is 1.51. The van der Waals surface area contributed by atoms with Crippen molar-refractivity contribution in [2.75, 3.05) is 33.8 Å². The summed E-state index contributed by atoms with van der Waals surface area (Å²) in [6.45, 7) is 7.11. The van der Waals surface area contributed by atoms with Gasteiger partial charge in [-0.3, -0.25) is 0 Å². The molecule has 0 rings (SSSR count). The quantitative estimate of drug-likeness (QED) is 0.480. The molecule has 2 heteroatoms. The van der Waals surface area contributed by atoms with Crippen molar-refractivity contribution in [1.29, 1.82) is 0 Å². The van der Waals surface area contributed by atoms with E-state index in [1.165, 1.54) is 0 Å². The third-order valence-corrected chi connectivity index (χ3v) is 2.19. The number of rotatable bonds is 1. The zero-order valence-corrected chi connectivity index (χ0v) is 6.75. The minimum absolute atomic E-state index is 1.58. The molecule has 0 N–H and O–H groups in total. The van der Waals surface area contributed by atoms with Crippen molar-refractivity contribution in [3.8, 4) is 0 Å². The van der Waals surface area contributed by atoms with Crippen LogP contribution in [0.1, 0.15) is 0 Å². The average Bonchev–Trinajstić information content (AvgIpc) is 1.32. The predicted octanol–water partition coefficient (Wildman–Crippen LogP) is 1.62. The molecular weight excluding hydrogens is 107 g/mol. The van der Waals surface area contributed by atoms with Crippen molar-refractivity contribution in [3.05, 3.63) is 0 Å². The van der Waals surface area contributed by atoms with Gasteiger partial charge in [0.25, 0.3) is 0 Å². The Labute approximate surface area is 46.1 Å². The van der Waals surface area contributed by atoms with E-state index in [4.69, 9.17) is 4.52 Å². The topological polar surface area (TPSA) is 9.23 Å². The van der Waals surface area contributed by atoms with Crippen LogP contribution < -0.4 is 0 Å². The molecule has 0 unspecified atom stereocenters. The fourth-order valence-corrected chi connectivity index (χ4v) is 0. The molecule has 0 aliphatic heterocycles. The maximum atomic E-state index is 5.26. The van der Waals surface area contributed by atoms with Crippen LogP contribution in [0.15, 0.2) is 0 Å². The van der Waals surface area contributed by atoms with E-state index in [2.05, 4.69) is 26.7 Å². The number of hydrogen-bond acceptors (Lipinski definition) is 1. The Balaban J connectivity index is 3.83. The summed E-state index contributed by atoms with van der Waals surface area (Å²) in [5.74, 6) is 0. The first kappa shape index (κ1) is 7.39. The van der Waals surface area contributed by atoms with Gasteiger partial charge in [-0.1, -0.05) is 0 Å². The molecule has 0 radical (unpaired) electrons. The van der Waals surface area contributed by atoms with E-state index in [9.17, 15) is 0 Å². The van der Waals surface area contributed by atoms with Crippen molar-refractivity contribution >= 4 is 6.83 Å². The van der Waals surface area contributed by atoms with Gasteiger partial charge in [-0.25, -0.2) is 0 Å². The third kappa shape index (κ3) is 6.39. The molecule has 1 nitrogen and oxygen atoms in total. The first-order valence-corrected chi connectivity index (χ1v) is 6.32. The molecule has 0 aromatic rings. The van der Waals surface area contributed by atoms with Crippen LogP contribution in [0.5, 0.6) is 0 Å². The van der Waals surface area contributed by atoms with E-state index in [-0.39, 0.29) is 0 Å². The first-order chi connectivity index (χ1) is 2.81. The third-order valence-electron chi connectivity index (χ3n) is 0.730. The van der Waals surface area contributed by atoms with E-state index in [0.717, 1.165) is 0 Å². The summed E-state index contributed by atoms with van der Waals surface area (Å²) in [4.78, 5) is 0. The zero-order chi connectivity index (χ0) is 6.15. The van der Waals surface area contributed by atoms with Crippen molar-refractivity contribution in [2.45, 2.75) is 0 Å². The minimum atomic E-state index is -1.58. The molecule has 0 aliphatic carbocycles. The van der Waals surface area contributed by atoms with Crippen molar-refractivity contribution in [3.63, 3.8) is 0 Å². The molecule has 0 saturated carbocycles. The molecule has 0 amide bonds. The molecule has 0 spiro atoms. The number of hydrogen-bond donors (Lipinski definition) is 0. The molecule has 0 saturated heterocycles. The second kappa shape index (κ2) is 1.43. The summed E-state index contributed by atoms with van der Waals surface area (Å²) in [6, 6.07) is 0. The van der Waals surface area contributed by atoms with Crippen LogP contribution in [0.2, 0.25) is 0 Å². The Hall–Kier alpha value is 0.390. The van der Waals surface area contributed by atoms with E-state index in [1.54, 1.807) is 7.11 Å². The molecule has 0 atom stereocenters. The second-order valence-electron chi connectivity index (χ2n) is 3.60. The SMILES string of the molecule is COP(C)(C)(C)C. The van der Waals surface area contributed by atoms with Crippen LogP contribution in [0, 0.1) is 0 Å². The Morgan fingerprint density at radius 2 is 1.14 bits per heavy atom. The molecular formula is C5H15OP. The van der Waals surface area contributed by atoms with Gasteiger partial charge in [-0.05, 0) is 0 Å². The fourth-order valence-electron chi connectivity index (χ4n) is 0. The van der Waals surface area contributed by atoms with Gasteiger partial charge in [0, 0.05) is 0 Å². The predicted molar refractivity (Wildman–Crippen MR) is 37.6 cm³/mol. The van der Waals surface area contributed by atoms with Gasteiger partial charge in [0.05, 0.1) is 0 Å². The van der Waals surface area contributed by atoms with Crippen LogP contribution in [0.25, 0.3) is 0 Å². The maximum absolute atomic E-state index is 5.26. The van der Waals surface area contributed by atoms with E-state index >= 15 is 0 Å². The molecule has 0 heterocycles. The summed E-state index contributed by atoms with van der Waals surface area (Å²) in [5.41, 5.74) is 0. The van der Waals surface area contributed by atoms with E-state index in [1.807, 2.05) is 0 Å². The summed E-state index contributed by atoms with van der Waals surface area (Å²) >= 11 is 0. The van der Waals surface area contributed by atoms with Gasteiger partial charge in [0.1, 0.15) is 0 Å². The van der Waals surface area contributed by atoms with Gasteiger partial charge in [-0.2, -0.15) is 0 Å². The average molecular weight is 122 g/mol. The van der Waals surface area contributed by atoms with Crippen LogP contribution in [-0.4, -0.2) is 33.8 Å². The molecule has 46 valence electrons. The Morgan fingerprint density at radius 3 is 1.14 bits per heavy atom. The Bertz CT molecular complexity index is 60.6. The van der Waals surface area contributed by atoms with Gasteiger partial charge in [0.15, 0.2) is 0 Å². The summed E-state index contributed by atoms with van der Waals surface area (Å²) < 4.78 is 5.26. The van der Waals surface area contributed by atoms with Crippen LogP contribution in [0.3, 0.4) is 0 Å². The molecule has 0 aliphatic rings. The summed E-state index contributed by atoms with van der Waals surface area (Å²) in [5, 5.41) is 0. The second-order valence-corrected chi connectivity index (χ2v) is 10.8.